The van der Waals surface area contributed by atoms with Crippen molar-refractivity contribution >= 4 is 11.8 Å². The summed E-state index contributed by atoms with van der Waals surface area (Å²) in [6.07, 6.45) is 1.67. The van der Waals surface area contributed by atoms with E-state index in [0.29, 0.717) is 13.1 Å². The molecule has 1 N–H and O–H groups in total. The fourth-order valence-corrected chi connectivity index (χ4v) is 3.12. The van der Waals surface area contributed by atoms with Crippen molar-refractivity contribution in [1.29, 1.82) is 0 Å². The Hall–Kier alpha value is -2.04. The molecule has 0 radical (unpaired) electrons. The number of hydrogen-bond donors (Lipinski definition) is 1. The van der Waals surface area contributed by atoms with E-state index >= 15 is 0 Å². The smallest absolute Gasteiger partial charge is 0.227 e. The van der Waals surface area contributed by atoms with Crippen molar-refractivity contribution in [2.45, 2.75) is 40.2 Å². The first-order valence-corrected chi connectivity index (χ1v) is 8.56. The van der Waals surface area contributed by atoms with Gasteiger partial charge in [0.1, 0.15) is 5.75 Å². The van der Waals surface area contributed by atoms with Crippen LogP contribution in [0.25, 0.3) is 0 Å². The van der Waals surface area contributed by atoms with Crippen molar-refractivity contribution < 1.29 is 14.3 Å². The summed E-state index contributed by atoms with van der Waals surface area (Å²) in [7, 11) is 1.63. The van der Waals surface area contributed by atoms with Crippen molar-refractivity contribution in [2.75, 3.05) is 20.2 Å². The van der Waals surface area contributed by atoms with Crippen molar-refractivity contribution in [3.05, 3.63) is 29.8 Å². The molecule has 5 nitrogen and oxygen atoms in total. The largest absolute Gasteiger partial charge is 0.497 e. The lowest BCUT2D eigenvalue weighted by molar-refractivity contribution is -0.142. The van der Waals surface area contributed by atoms with Crippen LogP contribution in [0, 0.1) is 11.3 Å². The zero-order valence-electron chi connectivity index (χ0n) is 15.1. The molecule has 132 valence electrons. The summed E-state index contributed by atoms with van der Waals surface area (Å²) in [4.78, 5) is 26.7. The van der Waals surface area contributed by atoms with Crippen LogP contribution in [0.3, 0.4) is 0 Å². The summed E-state index contributed by atoms with van der Waals surface area (Å²) >= 11 is 0. The van der Waals surface area contributed by atoms with Crippen molar-refractivity contribution in [1.82, 2.24) is 10.2 Å². The number of hydrogen-bond acceptors (Lipinski definition) is 3. The number of amides is 2. The Morgan fingerprint density at radius 3 is 2.54 bits per heavy atom. The van der Waals surface area contributed by atoms with Crippen molar-refractivity contribution in [2.24, 2.45) is 11.3 Å². The SMILES string of the molecule is COc1ccc(CNC(=O)[C@]2(C)CCCN(C(=O)C(C)C)C2)cc1. The Morgan fingerprint density at radius 2 is 1.96 bits per heavy atom. The predicted molar refractivity (Wildman–Crippen MR) is 93.6 cm³/mol. The molecule has 0 aliphatic carbocycles. The Bertz CT molecular complexity index is 583. The average Bonchev–Trinajstić information content (AvgIpc) is 2.59. The van der Waals surface area contributed by atoms with Gasteiger partial charge in [-0.2, -0.15) is 0 Å². The molecular weight excluding hydrogens is 304 g/mol. The third-order valence-corrected chi connectivity index (χ3v) is 4.66. The summed E-state index contributed by atoms with van der Waals surface area (Å²) in [5.41, 5.74) is 0.508. The van der Waals surface area contributed by atoms with E-state index < -0.39 is 5.41 Å². The van der Waals surface area contributed by atoms with Gasteiger partial charge in [-0.05, 0) is 37.5 Å². The number of carbonyl (C=O) groups excluding carboxylic acids is 2. The lowest BCUT2D eigenvalue weighted by Crippen LogP contribution is -2.52. The molecule has 1 aromatic rings. The molecule has 1 aliphatic heterocycles. The minimum Gasteiger partial charge on any atom is -0.497 e. The second-order valence-corrected chi connectivity index (χ2v) is 7.11. The second-order valence-electron chi connectivity index (χ2n) is 7.11. The zero-order valence-corrected chi connectivity index (χ0v) is 15.1. The highest BCUT2D eigenvalue weighted by Gasteiger charge is 2.39. The van der Waals surface area contributed by atoms with Gasteiger partial charge in [0.15, 0.2) is 0 Å². The lowest BCUT2D eigenvalue weighted by atomic mass is 9.80. The number of piperidine rings is 1. The van der Waals surface area contributed by atoms with Crippen LogP contribution in [0.5, 0.6) is 5.75 Å². The van der Waals surface area contributed by atoms with E-state index in [1.54, 1.807) is 7.11 Å². The highest BCUT2D eigenvalue weighted by atomic mass is 16.5. The van der Waals surface area contributed by atoms with Crippen molar-refractivity contribution in [3.8, 4) is 5.75 Å². The topological polar surface area (TPSA) is 58.6 Å². The Balaban J connectivity index is 1.95. The monoisotopic (exact) mass is 332 g/mol. The molecule has 1 saturated heterocycles. The zero-order chi connectivity index (χ0) is 17.7. The van der Waals surface area contributed by atoms with Crippen LogP contribution >= 0.6 is 0 Å². The standard InChI is InChI=1S/C19H28N2O3/c1-14(2)17(22)21-11-5-10-19(3,13-21)18(23)20-12-15-6-8-16(24-4)9-7-15/h6-9,14H,5,10-13H2,1-4H3,(H,20,23)/t19-/m1/s1. The van der Waals surface area contributed by atoms with Gasteiger partial charge in [0, 0.05) is 25.6 Å². The maximum Gasteiger partial charge on any atom is 0.227 e. The van der Waals surface area contributed by atoms with Gasteiger partial charge in [-0.3, -0.25) is 9.59 Å². The Kier molecular flexibility index (Phi) is 5.86. The van der Waals surface area contributed by atoms with E-state index in [2.05, 4.69) is 5.32 Å². The first-order chi connectivity index (χ1) is 11.4. The van der Waals surface area contributed by atoms with Crippen LogP contribution in [0.1, 0.15) is 39.2 Å². The summed E-state index contributed by atoms with van der Waals surface area (Å²) in [5.74, 6) is 0.908. The summed E-state index contributed by atoms with van der Waals surface area (Å²) in [5, 5.41) is 3.02. The van der Waals surface area contributed by atoms with E-state index in [0.717, 1.165) is 30.7 Å². The molecule has 1 fully saturated rings. The van der Waals surface area contributed by atoms with Crippen LogP contribution in [0.15, 0.2) is 24.3 Å². The first-order valence-electron chi connectivity index (χ1n) is 8.56. The molecule has 0 bridgehead atoms. The van der Waals surface area contributed by atoms with Gasteiger partial charge >= 0.3 is 0 Å². The fraction of sp³-hybridized carbons (Fsp3) is 0.579. The maximum absolute atomic E-state index is 12.7. The number of nitrogens with one attached hydrogen (secondary N) is 1. The van der Waals surface area contributed by atoms with Gasteiger partial charge in [-0.15, -0.1) is 0 Å². The quantitative estimate of drug-likeness (QED) is 0.902. The van der Waals surface area contributed by atoms with Gasteiger partial charge in [-0.25, -0.2) is 0 Å². The normalized spacial score (nSPS) is 20.8. The predicted octanol–water partition coefficient (Wildman–Crippen LogP) is 2.60. The third kappa shape index (κ3) is 4.28. The molecule has 2 rings (SSSR count). The third-order valence-electron chi connectivity index (χ3n) is 4.66. The summed E-state index contributed by atoms with van der Waals surface area (Å²) < 4.78 is 5.13. The average molecular weight is 332 g/mol. The molecule has 0 unspecified atom stereocenters. The molecule has 1 atom stereocenters. The van der Waals surface area contributed by atoms with Gasteiger partial charge in [0.05, 0.1) is 12.5 Å². The number of carbonyl (C=O) groups is 2. The fourth-order valence-electron chi connectivity index (χ4n) is 3.12. The molecule has 2 amide bonds. The molecule has 0 aromatic heterocycles. The van der Waals surface area contributed by atoms with E-state index in [4.69, 9.17) is 4.74 Å². The van der Waals surface area contributed by atoms with E-state index in [1.165, 1.54) is 0 Å². The molecular formula is C19H28N2O3. The van der Waals surface area contributed by atoms with Crippen LogP contribution in [-0.4, -0.2) is 36.9 Å². The molecule has 5 heteroatoms. The molecule has 1 aliphatic rings. The Morgan fingerprint density at radius 1 is 1.29 bits per heavy atom. The number of methoxy groups -OCH3 is 1. The van der Waals surface area contributed by atoms with Gasteiger partial charge < -0.3 is 15.0 Å². The number of nitrogens with zero attached hydrogens (tertiary/aromatic N) is 1. The number of likely N-dealkylation sites (tertiary alicyclic amines) is 1. The number of ether oxygens (including phenoxy) is 1. The second kappa shape index (κ2) is 7.69. The minimum absolute atomic E-state index is 0.0135. The highest BCUT2D eigenvalue weighted by molar-refractivity contribution is 5.84. The van der Waals surface area contributed by atoms with Gasteiger partial charge in [0.2, 0.25) is 11.8 Å². The Labute approximate surface area is 144 Å². The molecule has 24 heavy (non-hydrogen) atoms. The van der Waals surface area contributed by atoms with Gasteiger partial charge in [-0.1, -0.05) is 26.0 Å². The highest BCUT2D eigenvalue weighted by Crippen LogP contribution is 2.30. The van der Waals surface area contributed by atoms with E-state index in [1.807, 2.05) is 49.9 Å². The number of benzene rings is 1. The summed E-state index contributed by atoms with van der Waals surface area (Å²) in [6, 6.07) is 7.65. The summed E-state index contributed by atoms with van der Waals surface area (Å²) in [6.45, 7) is 7.49. The first kappa shape index (κ1) is 18.3. The van der Waals surface area contributed by atoms with Crippen LogP contribution in [0.2, 0.25) is 0 Å². The van der Waals surface area contributed by atoms with Crippen LogP contribution in [0.4, 0.5) is 0 Å². The lowest BCUT2D eigenvalue weighted by Gasteiger charge is -2.40. The van der Waals surface area contributed by atoms with Crippen molar-refractivity contribution in [3.63, 3.8) is 0 Å². The van der Waals surface area contributed by atoms with E-state index in [-0.39, 0.29) is 17.7 Å². The van der Waals surface area contributed by atoms with Crippen LogP contribution in [-0.2, 0) is 16.1 Å². The van der Waals surface area contributed by atoms with Gasteiger partial charge in [0.25, 0.3) is 0 Å². The van der Waals surface area contributed by atoms with E-state index in [9.17, 15) is 9.59 Å². The number of rotatable bonds is 5. The molecule has 0 saturated carbocycles. The van der Waals surface area contributed by atoms with Crippen LogP contribution < -0.4 is 10.1 Å². The molecule has 1 aromatic carbocycles. The molecule has 0 spiro atoms. The minimum atomic E-state index is -0.519. The molecule has 1 heterocycles. The maximum atomic E-state index is 12.7.